The minimum atomic E-state index is 0.0919. The lowest BCUT2D eigenvalue weighted by Crippen LogP contribution is -2.47. The van der Waals surface area contributed by atoms with Crippen molar-refractivity contribution < 1.29 is 4.79 Å². The Balaban J connectivity index is 2.20. The van der Waals surface area contributed by atoms with Crippen LogP contribution in [0.1, 0.15) is 49.9 Å². The van der Waals surface area contributed by atoms with Crippen LogP contribution in [0.5, 0.6) is 0 Å². The summed E-state index contributed by atoms with van der Waals surface area (Å²) in [5.41, 5.74) is 0.648. The van der Waals surface area contributed by atoms with Crippen molar-refractivity contribution in [2.45, 2.75) is 45.6 Å². The van der Waals surface area contributed by atoms with Crippen LogP contribution in [0.25, 0.3) is 0 Å². The Morgan fingerprint density at radius 3 is 3.05 bits per heavy atom. The molecule has 1 amide bonds. The first-order valence-electron chi connectivity index (χ1n) is 7.06. The fourth-order valence-electron chi connectivity index (χ4n) is 2.94. The second-order valence-electron chi connectivity index (χ2n) is 5.34. The van der Waals surface area contributed by atoms with Crippen molar-refractivity contribution in [2.75, 3.05) is 6.54 Å². The van der Waals surface area contributed by atoms with E-state index >= 15 is 0 Å². The van der Waals surface area contributed by atoms with Gasteiger partial charge >= 0.3 is 0 Å². The van der Waals surface area contributed by atoms with Crippen LogP contribution in [-0.4, -0.2) is 28.4 Å². The molecule has 2 atom stereocenters. The van der Waals surface area contributed by atoms with Gasteiger partial charge in [0.05, 0.1) is 0 Å². The minimum absolute atomic E-state index is 0.0919. The van der Waals surface area contributed by atoms with E-state index < -0.39 is 0 Å². The number of hydrogen-bond acceptors (Lipinski definition) is 2. The van der Waals surface area contributed by atoms with Gasteiger partial charge in [0.2, 0.25) is 0 Å². The predicted molar refractivity (Wildman–Crippen MR) is 77.4 cm³/mol. The second kappa shape index (κ2) is 6.38. The Bertz CT molecular complexity index is 450. The number of piperidine rings is 1. The van der Waals surface area contributed by atoms with Crippen molar-refractivity contribution in [3.05, 3.63) is 29.0 Å². The molecule has 1 saturated heterocycles. The summed E-state index contributed by atoms with van der Waals surface area (Å²) in [4.78, 5) is 18.6. The summed E-state index contributed by atoms with van der Waals surface area (Å²) in [6.07, 6.45) is 6.08. The minimum Gasteiger partial charge on any atom is -0.335 e. The lowest BCUT2D eigenvalue weighted by atomic mass is 9.87. The van der Waals surface area contributed by atoms with E-state index in [4.69, 9.17) is 11.6 Å². The first kappa shape index (κ1) is 14.3. The topological polar surface area (TPSA) is 33.2 Å². The number of likely N-dealkylation sites (tertiary alicyclic amines) is 1. The van der Waals surface area contributed by atoms with E-state index in [1.165, 1.54) is 6.42 Å². The number of nitrogens with zero attached hydrogens (tertiary/aromatic N) is 2. The van der Waals surface area contributed by atoms with E-state index in [1.54, 1.807) is 18.3 Å². The number of rotatable bonds is 3. The maximum atomic E-state index is 12.6. The van der Waals surface area contributed by atoms with Crippen molar-refractivity contribution in [1.82, 2.24) is 9.88 Å². The zero-order valence-corrected chi connectivity index (χ0v) is 12.4. The van der Waals surface area contributed by atoms with Gasteiger partial charge in [0, 0.05) is 24.3 Å². The van der Waals surface area contributed by atoms with E-state index in [2.05, 4.69) is 18.8 Å². The van der Waals surface area contributed by atoms with Crippen LogP contribution in [0, 0.1) is 5.92 Å². The van der Waals surface area contributed by atoms with Gasteiger partial charge in [-0.15, -0.1) is 0 Å². The van der Waals surface area contributed by atoms with Crippen molar-refractivity contribution in [3.63, 3.8) is 0 Å². The summed E-state index contributed by atoms with van der Waals surface area (Å²) in [5.74, 6) is 0.671. The molecule has 0 aliphatic carbocycles. The predicted octanol–water partition coefficient (Wildman–Crippen LogP) is 3.78. The lowest BCUT2D eigenvalue weighted by Gasteiger charge is -2.40. The molecule has 0 N–H and O–H groups in total. The molecule has 1 aromatic rings. The van der Waals surface area contributed by atoms with Gasteiger partial charge < -0.3 is 4.90 Å². The molecule has 0 bridgehead atoms. The van der Waals surface area contributed by atoms with Crippen LogP contribution < -0.4 is 0 Å². The van der Waals surface area contributed by atoms with Gasteiger partial charge in [-0.1, -0.05) is 31.9 Å². The Morgan fingerprint density at radius 2 is 2.37 bits per heavy atom. The molecule has 104 valence electrons. The zero-order valence-electron chi connectivity index (χ0n) is 11.6. The van der Waals surface area contributed by atoms with E-state index in [1.807, 2.05) is 4.90 Å². The Morgan fingerprint density at radius 1 is 1.58 bits per heavy atom. The second-order valence-corrected chi connectivity index (χ2v) is 5.73. The summed E-state index contributed by atoms with van der Waals surface area (Å²) < 4.78 is 0. The standard InChI is InChI=1S/C15H21ClN2O/c1-3-5-13-11(2)6-4-9-18(13)15(19)12-7-8-17-14(16)10-12/h7-8,10-11,13H,3-6,9H2,1-2H3/t11-,13-/m0/s1. The van der Waals surface area contributed by atoms with Crippen LogP contribution in [-0.2, 0) is 0 Å². The maximum Gasteiger partial charge on any atom is 0.254 e. The molecule has 0 spiro atoms. The third-order valence-corrected chi connectivity index (χ3v) is 4.14. The van der Waals surface area contributed by atoms with Gasteiger partial charge in [-0.3, -0.25) is 4.79 Å². The average molecular weight is 281 g/mol. The van der Waals surface area contributed by atoms with Crippen LogP contribution in [0.2, 0.25) is 5.15 Å². The molecule has 2 heterocycles. The first-order chi connectivity index (χ1) is 9.13. The molecule has 1 aromatic heterocycles. The average Bonchev–Trinajstić information content (AvgIpc) is 2.40. The molecule has 0 radical (unpaired) electrons. The van der Waals surface area contributed by atoms with E-state index in [0.717, 1.165) is 25.8 Å². The molecule has 0 unspecified atom stereocenters. The normalized spacial score (nSPS) is 23.4. The lowest BCUT2D eigenvalue weighted by molar-refractivity contribution is 0.0497. The van der Waals surface area contributed by atoms with Crippen LogP contribution in [0.4, 0.5) is 0 Å². The molecule has 3 nitrogen and oxygen atoms in total. The van der Waals surface area contributed by atoms with Crippen molar-refractivity contribution in [1.29, 1.82) is 0 Å². The van der Waals surface area contributed by atoms with E-state index in [-0.39, 0.29) is 5.91 Å². The summed E-state index contributed by atoms with van der Waals surface area (Å²) in [7, 11) is 0. The highest BCUT2D eigenvalue weighted by Crippen LogP contribution is 2.28. The molecular weight excluding hydrogens is 260 g/mol. The van der Waals surface area contributed by atoms with E-state index in [0.29, 0.717) is 22.7 Å². The van der Waals surface area contributed by atoms with Crippen molar-refractivity contribution in [3.8, 4) is 0 Å². The summed E-state index contributed by atoms with van der Waals surface area (Å²) in [6.45, 7) is 5.28. The molecule has 1 fully saturated rings. The van der Waals surface area contributed by atoms with Crippen LogP contribution >= 0.6 is 11.6 Å². The quantitative estimate of drug-likeness (QED) is 0.790. The SMILES string of the molecule is CCC[C@H]1[C@@H](C)CCCN1C(=O)c1ccnc(Cl)c1. The fraction of sp³-hybridized carbons (Fsp3) is 0.600. The third-order valence-electron chi connectivity index (χ3n) is 3.93. The monoisotopic (exact) mass is 280 g/mol. The van der Waals surface area contributed by atoms with Crippen molar-refractivity contribution >= 4 is 17.5 Å². The smallest absolute Gasteiger partial charge is 0.254 e. The molecule has 0 aromatic carbocycles. The Kier molecular flexibility index (Phi) is 4.81. The summed E-state index contributed by atoms with van der Waals surface area (Å²) in [5, 5.41) is 0.378. The van der Waals surface area contributed by atoms with Gasteiger partial charge in [-0.2, -0.15) is 0 Å². The van der Waals surface area contributed by atoms with Gasteiger partial charge in [0.1, 0.15) is 5.15 Å². The summed E-state index contributed by atoms with van der Waals surface area (Å²) in [6, 6.07) is 3.76. The molecule has 4 heteroatoms. The summed E-state index contributed by atoms with van der Waals surface area (Å²) >= 11 is 5.87. The molecule has 19 heavy (non-hydrogen) atoms. The highest BCUT2D eigenvalue weighted by Gasteiger charge is 2.31. The first-order valence-corrected chi connectivity index (χ1v) is 7.43. The number of pyridine rings is 1. The maximum absolute atomic E-state index is 12.6. The Hall–Kier alpha value is -1.09. The largest absolute Gasteiger partial charge is 0.335 e. The van der Waals surface area contributed by atoms with Gasteiger partial charge in [-0.25, -0.2) is 4.98 Å². The number of hydrogen-bond donors (Lipinski definition) is 0. The van der Waals surface area contributed by atoms with Gasteiger partial charge in [-0.05, 0) is 37.3 Å². The van der Waals surface area contributed by atoms with Gasteiger partial charge in [0.15, 0.2) is 0 Å². The molecule has 0 saturated carbocycles. The zero-order chi connectivity index (χ0) is 13.8. The molecule has 1 aliphatic heterocycles. The van der Waals surface area contributed by atoms with Crippen LogP contribution in [0.15, 0.2) is 18.3 Å². The third kappa shape index (κ3) is 3.27. The molecular formula is C15H21ClN2O. The number of carbonyl (C=O) groups excluding carboxylic acids is 1. The van der Waals surface area contributed by atoms with Gasteiger partial charge in [0.25, 0.3) is 5.91 Å². The fourth-order valence-corrected chi connectivity index (χ4v) is 3.11. The number of amides is 1. The number of carbonyl (C=O) groups is 1. The number of aromatic nitrogens is 1. The highest BCUT2D eigenvalue weighted by atomic mass is 35.5. The molecule has 2 rings (SSSR count). The highest BCUT2D eigenvalue weighted by molar-refractivity contribution is 6.29. The molecule has 1 aliphatic rings. The van der Waals surface area contributed by atoms with E-state index in [9.17, 15) is 4.79 Å². The number of halogens is 1. The van der Waals surface area contributed by atoms with Crippen LogP contribution in [0.3, 0.4) is 0 Å². The Labute approximate surface area is 120 Å². The van der Waals surface area contributed by atoms with Crippen molar-refractivity contribution in [2.24, 2.45) is 5.92 Å².